The van der Waals surface area contributed by atoms with Crippen LogP contribution in [-0.2, 0) is 21.3 Å². The Balaban J connectivity index is 0.958. The lowest BCUT2D eigenvalue weighted by Gasteiger charge is -2.41. The quantitative estimate of drug-likeness (QED) is 0.171. The van der Waals surface area contributed by atoms with Crippen LogP contribution in [0.15, 0.2) is 193 Å². The predicted octanol–water partition coefficient (Wildman–Crippen LogP) is 11.8. The van der Waals surface area contributed by atoms with Gasteiger partial charge in [-0.15, -0.1) is 0 Å². The molecule has 4 aliphatic carbocycles. The van der Waals surface area contributed by atoms with Crippen molar-refractivity contribution in [1.29, 1.82) is 0 Å². The highest BCUT2D eigenvalue weighted by Crippen LogP contribution is 2.66. The highest BCUT2D eigenvalue weighted by Gasteiger charge is 2.58. The van der Waals surface area contributed by atoms with Gasteiger partial charge < -0.3 is 14.4 Å². The van der Waals surface area contributed by atoms with E-state index >= 15 is 0 Å². The first-order valence-corrected chi connectivity index (χ1v) is 20.0. The summed E-state index contributed by atoms with van der Waals surface area (Å²) in [6.07, 6.45) is 11.9. The highest BCUT2D eigenvalue weighted by atomic mass is 16.6. The van der Waals surface area contributed by atoms with Crippen LogP contribution in [0.5, 0.6) is 0 Å². The van der Waals surface area contributed by atoms with Gasteiger partial charge in [0.25, 0.3) is 0 Å². The van der Waals surface area contributed by atoms with Crippen LogP contribution < -0.4 is 4.90 Å². The Morgan fingerprint density at radius 2 is 1.21 bits per heavy atom. The minimum Gasteiger partial charge on any atom is -0.479 e. The Labute approximate surface area is 329 Å². The van der Waals surface area contributed by atoms with E-state index in [4.69, 9.17) is 9.47 Å². The van der Waals surface area contributed by atoms with Crippen molar-refractivity contribution in [3.8, 4) is 22.3 Å². The molecular weight excluding hydrogens is 683 g/mol. The summed E-state index contributed by atoms with van der Waals surface area (Å²) in [5.41, 5.74) is 16.6. The number of hydrogen-bond acceptors (Lipinski definition) is 3. The lowest BCUT2D eigenvalue weighted by atomic mass is 9.65. The second-order valence-corrected chi connectivity index (χ2v) is 15.9. The zero-order valence-electron chi connectivity index (χ0n) is 31.7. The Morgan fingerprint density at radius 3 is 1.98 bits per heavy atom. The van der Waals surface area contributed by atoms with Crippen LogP contribution in [0.1, 0.15) is 44.9 Å². The average molecular weight is 726 g/mol. The van der Waals surface area contributed by atoms with Crippen LogP contribution in [0, 0.1) is 19.8 Å². The Hall–Kier alpha value is -6.32. The monoisotopic (exact) mass is 725 g/mol. The first-order chi connectivity index (χ1) is 27.6. The molecule has 0 saturated carbocycles. The zero-order valence-corrected chi connectivity index (χ0v) is 31.7. The maximum absolute atomic E-state index is 7.07. The molecule has 0 aromatic heterocycles. The van der Waals surface area contributed by atoms with Crippen molar-refractivity contribution in [2.75, 3.05) is 11.4 Å². The third kappa shape index (κ3) is 4.96. The molecule has 0 N–H and O–H groups in total. The molecule has 56 heavy (non-hydrogen) atoms. The third-order valence-electron chi connectivity index (χ3n) is 13.0. The molecule has 6 aromatic rings. The number of benzene rings is 6. The molecule has 1 aliphatic heterocycles. The highest BCUT2D eigenvalue weighted by molar-refractivity contribution is 5.86. The number of rotatable bonds is 6. The van der Waals surface area contributed by atoms with Crippen molar-refractivity contribution in [3.63, 3.8) is 0 Å². The number of anilines is 1. The summed E-state index contributed by atoms with van der Waals surface area (Å²) in [6, 6.07) is 53.5. The number of ether oxygens (including phenoxy) is 2. The second-order valence-electron chi connectivity index (χ2n) is 15.9. The van der Waals surface area contributed by atoms with E-state index in [1.807, 2.05) is 0 Å². The van der Waals surface area contributed by atoms with Crippen LogP contribution in [0.2, 0.25) is 0 Å². The van der Waals surface area contributed by atoms with Crippen LogP contribution in [0.3, 0.4) is 0 Å². The van der Waals surface area contributed by atoms with Gasteiger partial charge in [-0.25, -0.2) is 0 Å². The van der Waals surface area contributed by atoms with Gasteiger partial charge in [0.1, 0.15) is 0 Å². The Morgan fingerprint density at radius 1 is 0.571 bits per heavy atom. The van der Waals surface area contributed by atoms with Crippen LogP contribution in [0.25, 0.3) is 22.3 Å². The fraction of sp³-hybridized carbons (Fsp3) is 0.170. The molecule has 6 aromatic carbocycles. The van der Waals surface area contributed by atoms with E-state index in [0.29, 0.717) is 0 Å². The molecular formula is C53H43NO2. The number of fused-ring (bicyclic) bond motifs is 12. The number of aryl methyl sites for hydroxylation is 1. The molecule has 5 aliphatic rings. The van der Waals surface area contributed by atoms with Crippen molar-refractivity contribution < 1.29 is 9.47 Å². The topological polar surface area (TPSA) is 21.7 Å². The molecule has 4 unspecified atom stereocenters. The number of allylic oxidation sites excluding steroid dienone is 3. The lowest BCUT2D eigenvalue weighted by molar-refractivity contribution is -0.0260. The van der Waals surface area contributed by atoms with Crippen LogP contribution >= 0.6 is 0 Å². The molecule has 3 heteroatoms. The number of hydrogen-bond donors (Lipinski definition) is 0. The van der Waals surface area contributed by atoms with Crippen LogP contribution in [0.4, 0.5) is 5.69 Å². The van der Waals surface area contributed by atoms with Gasteiger partial charge in [-0.2, -0.15) is 0 Å². The van der Waals surface area contributed by atoms with Crippen molar-refractivity contribution in [3.05, 3.63) is 232 Å². The third-order valence-corrected chi connectivity index (χ3v) is 13.0. The fourth-order valence-electron chi connectivity index (χ4n) is 10.3. The summed E-state index contributed by atoms with van der Waals surface area (Å²) in [5, 5.41) is 0. The molecule has 0 radical (unpaired) electrons. The molecule has 1 saturated heterocycles. The van der Waals surface area contributed by atoms with E-state index < -0.39 is 0 Å². The number of nitrogens with zero attached hydrogens (tertiary/aromatic N) is 1. The van der Waals surface area contributed by atoms with Crippen molar-refractivity contribution in [1.82, 2.24) is 0 Å². The van der Waals surface area contributed by atoms with Crippen molar-refractivity contribution in [2.45, 2.75) is 43.8 Å². The summed E-state index contributed by atoms with van der Waals surface area (Å²) in [4.78, 5) is 2.43. The molecule has 0 amide bonds. The molecule has 1 heterocycles. The van der Waals surface area contributed by atoms with E-state index in [2.05, 4.69) is 195 Å². The van der Waals surface area contributed by atoms with Gasteiger partial charge in [-0.05, 0) is 124 Å². The van der Waals surface area contributed by atoms with Gasteiger partial charge in [-0.3, -0.25) is 0 Å². The van der Waals surface area contributed by atoms with Crippen molar-refractivity contribution >= 4 is 5.69 Å². The van der Waals surface area contributed by atoms with Gasteiger partial charge in [-0.1, -0.05) is 133 Å². The first-order valence-electron chi connectivity index (χ1n) is 20.0. The fourth-order valence-corrected chi connectivity index (χ4v) is 10.3. The second kappa shape index (κ2) is 12.9. The van der Waals surface area contributed by atoms with Gasteiger partial charge in [0, 0.05) is 29.8 Å². The minimum absolute atomic E-state index is 0.143. The van der Waals surface area contributed by atoms with E-state index in [0.717, 1.165) is 35.9 Å². The predicted molar refractivity (Wildman–Crippen MR) is 226 cm³/mol. The summed E-state index contributed by atoms with van der Waals surface area (Å²) < 4.78 is 13.9. The average Bonchev–Trinajstić information content (AvgIpc) is 3.70. The molecule has 0 bridgehead atoms. The minimum atomic E-state index is -0.311. The molecule has 11 rings (SSSR count). The molecule has 3 nitrogen and oxygen atoms in total. The summed E-state index contributed by atoms with van der Waals surface area (Å²) in [7, 11) is 0. The van der Waals surface area contributed by atoms with Gasteiger partial charge in [0.15, 0.2) is 23.7 Å². The molecule has 272 valence electrons. The van der Waals surface area contributed by atoms with E-state index in [1.54, 1.807) is 0 Å². The summed E-state index contributed by atoms with van der Waals surface area (Å²) in [5.74, 6) is 2.01. The largest absolute Gasteiger partial charge is 0.479 e. The van der Waals surface area contributed by atoms with Crippen LogP contribution in [-0.4, -0.2) is 18.8 Å². The van der Waals surface area contributed by atoms with E-state index in [9.17, 15) is 0 Å². The van der Waals surface area contributed by atoms with E-state index in [-0.39, 0.29) is 29.5 Å². The Kier molecular flexibility index (Phi) is 7.60. The molecule has 1 fully saturated rings. The van der Waals surface area contributed by atoms with Gasteiger partial charge in [0.2, 0.25) is 0 Å². The van der Waals surface area contributed by atoms with Gasteiger partial charge >= 0.3 is 0 Å². The maximum atomic E-state index is 7.07. The standard InChI is InChI=1S/C53H43NO2/c1-34-13-12-19-40(35(34)2)37-23-25-38(26-24-37)54(30-29-36-14-4-3-5-15-36)39-27-28-49-50(31-39)56-52-33-48-44(32-51(52)55-49)43-18-8-11-22-47(43)53(48)45-20-9-6-16-41(45)42-17-7-10-21-46(42)53/h3-28,31-33,44,48-50H,29-30H2,1-2H3. The zero-order chi connectivity index (χ0) is 37.4. The first kappa shape index (κ1) is 33.1. The summed E-state index contributed by atoms with van der Waals surface area (Å²) >= 11 is 0. The molecule has 1 spiro atoms. The van der Waals surface area contributed by atoms with Crippen molar-refractivity contribution in [2.24, 2.45) is 5.92 Å². The van der Waals surface area contributed by atoms with Gasteiger partial charge in [0.05, 0.1) is 5.41 Å². The maximum Gasteiger partial charge on any atom is 0.160 e. The van der Waals surface area contributed by atoms with E-state index in [1.165, 1.54) is 61.2 Å². The smallest absolute Gasteiger partial charge is 0.160 e. The SMILES string of the molecule is Cc1cccc(-c2ccc(N(CCc3ccccc3)C3=CC4OC5=CC6C(C=C5OC4C=C3)c3ccccc3C63c4ccccc4-c4ccccc43)cc2)c1C. The molecule has 4 atom stereocenters. The normalized spacial score (nSPS) is 21.5. The summed E-state index contributed by atoms with van der Waals surface area (Å²) in [6.45, 7) is 5.23. The Bertz CT molecular complexity index is 2600. The lowest BCUT2D eigenvalue weighted by Crippen LogP contribution is -2.40.